The second kappa shape index (κ2) is 9.44. The van der Waals surface area contributed by atoms with Crippen LogP contribution in [0.4, 0.5) is 0 Å². The van der Waals surface area contributed by atoms with E-state index in [2.05, 4.69) is 4.72 Å². The monoisotopic (exact) mass is 456 g/mol. The van der Waals surface area contributed by atoms with E-state index in [9.17, 15) is 13.2 Å². The zero-order chi connectivity index (χ0) is 22.7. The van der Waals surface area contributed by atoms with Crippen molar-refractivity contribution in [2.24, 2.45) is 5.92 Å². The van der Waals surface area contributed by atoms with Gasteiger partial charge in [0, 0.05) is 37.7 Å². The third-order valence-corrected chi connectivity index (χ3v) is 7.32. The number of hydrogen-bond donors (Lipinski definition) is 1. The van der Waals surface area contributed by atoms with Crippen LogP contribution in [0.1, 0.15) is 34.5 Å². The van der Waals surface area contributed by atoms with Crippen LogP contribution >= 0.6 is 0 Å². The molecule has 0 aliphatic carbocycles. The standard InChI is InChI=1S/C24H28N2O5S/c1-17-9-11-19(12-10-17)32(28,29)25-14-18-6-5-13-26(15-18)24(27)23-21(16-30-2)20-7-3-4-8-22(20)31-23/h3-4,7-12,18,25H,5-6,13-16H2,1-2H3. The number of piperidine rings is 1. The highest BCUT2D eigenvalue weighted by molar-refractivity contribution is 7.89. The Morgan fingerprint density at radius 2 is 1.94 bits per heavy atom. The number of amides is 1. The molecular weight excluding hydrogens is 428 g/mol. The van der Waals surface area contributed by atoms with Crippen molar-refractivity contribution in [1.82, 2.24) is 9.62 Å². The summed E-state index contributed by atoms with van der Waals surface area (Å²) in [4.78, 5) is 15.3. The maximum absolute atomic E-state index is 13.3. The molecule has 1 atom stereocenters. The summed E-state index contributed by atoms with van der Waals surface area (Å²) in [5.74, 6) is 0.149. The number of hydrogen-bond acceptors (Lipinski definition) is 5. The molecule has 2 aromatic carbocycles. The molecule has 7 nitrogen and oxygen atoms in total. The summed E-state index contributed by atoms with van der Waals surface area (Å²) in [6.07, 6.45) is 1.66. The number of sulfonamides is 1. The van der Waals surface area contributed by atoms with Crippen molar-refractivity contribution in [2.45, 2.75) is 31.3 Å². The first-order valence-corrected chi connectivity index (χ1v) is 12.2. The van der Waals surface area contributed by atoms with Gasteiger partial charge in [-0.25, -0.2) is 13.1 Å². The summed E-state index contributed by atoms with van der Waals surface area (Å²) >= 11 is 0. The molecule has 1 unspecified atom stereocenters. The summed E-state index contributed by atoms with van der Waals surface area (Å²) in [6.45, 7) is 3.57. The van der Waals surface area contributed by atoms with E-state index in [4.69, 9.17) is 9.15 Å². The lowest BCUT2D eigenvalue weighted by atomic mass is 9.98. The molecule has 1 fully saturated rings. The van der Waals surface area contributed by atoms with E-state index in [-0.39, 0.29) is 29.9 Å². The Morgan fingerprint density at radius 3 is 2.69 bits per heavy atom. The number of likely N-dealkylation sites (tertiary alicyclic amines) is 1. The second-order valence-corrected chi connectivity index (χ2v) is 10.0. The maximum atomic E-state index is 13.3. The molecule has 8 heteroatoms. The van der Waals surface area contributed by atoms with Crippen molar-refractivity contribution < 1.29 is 22.4 Å². The van der Waals surface area contributed by atoms with Crippen molar-refractivity contribution in [2.75, 3.05) is 26.7 Å². The van der Waals surface area contributed by atoms with Gasteiger partial charge in [-0.2, -0.15) is 0 Å². The Morgan fingerprint density at radius 1 is 1.19 bits per heavy atom. The van der Waals surface area contributed by atoms with E-state index in [1.54, 1.807) is 36.3 Å². The predicted octanol–water partition coefficient (Wildman–Crippen LogP) is 3.72. The van der Waals surface area contributed by atoms with Gasteiger partial charge in [0.2, 0.25) is 10.0 Å². The molecular formula is C24H28N2O5S. The number of carbonyl (C=O) groups is 1. The molecule has 1 aromatic heterocycles. The molecule has 0 saturated carbocycles. The van der Waals surface area contributed by atoms with E-state index in [1.165, 1.54) is 0 Å². The number of rotatable bonds is 7. The van der Waals surface area contributed by atoms with Gasteiger partial charge in [-0.3, -0.25) is 4.79 Å². The number of carbonyl (C=O) groups excluding carboxylic acids is 1. The van der Waals surface area contributed by atoms with Crippen LogP contribution in [0.2, 0.25) is 0 Å². The first-order valence-electron chi connectivity index (χ1n) is 10.7. The quantitative estimate of drug-likeness (QED) is 0.585. The van der Waals surface area contributed by atoms with Crippen LogP contribution in [-0.2, 0) is 21.4 Å². The SMILES string of the molecule is COCc1c(C(=O)N2CCCC(CNS(=O)(=O)c3ccc(C)cc3)C2)oc2ccccc12. The number of para-hydroxylation sites is 1. The van der Waals surface area contributed by atoms with Gasteiger partial charge in [0.1, 0.15) is 5.58 Å². The van der Waals surface area contributed by atoms with Crippen molar-refractivity contribution in [3.8, 4) is 0 Å². The molecule has 2 heterocycles. The van der Waals surface area contributed by atoms with Crippen LogP contribution in [0.15, 0.2) is 57.8 Å². The summed E-state index contributed by atoms with van der Waals surface area (Å²) in [6, 6.07) is 14.3. The number of nitrogens with zero attached hydrogens (tertiary/aromatic N) is 1. The van der Waals surface area contributed by atoms with Gasteiger partial charge in [0.15, 0.2) is 5.76 Å². The van der Waals surface area contributed by atoms with Crippen molar-refractivity contribution >= 4 is 26.9 Å². The number of methoxy groups -OCH3 is 1. The zero-order valence-corrected chi connectivity index (χ0v) is 19.2. The lowest BCUT2D eigenvalue weighted by molar-refractivity contribution is 0.0640. The fourth-order valence-corrected chi connectivity index (χ4v) is 5.26. The minimum absolute atomic E-state index is 0.0307. The highest BCUT2D eigenvalue weighted by atomic mass is 32.2. The second-order valence-electron chi connectivity index (χ2n) is 8.26. The normalized spacial score (nSPS) is 17.1. The molecule has 170 valence electrons. The molecule has 32 heavy (non-hydrogen) atoms. The summed E-state index contributed by atoms with van der Waals surface area (Å²) < 4.78 is 39.2. The van der Waals surface area contributed by atoms with Crippen LogP contribution in [0.3, 0.4) is 0 Å². The number of aryl methyl sites for hydroxylation is 1. The zero-order valence-electron chi connectivity index (χ0n) is 18.3. The summed E-state index contributed by atoms with van der Waals surface area (Å²) in [7, 11) is -2.00. The highest BCUT2D eigenvalue weighted by Gasteiger charge is 2.30. The minimum Gasteiger partial charge on any atom is -0.451 e. The molecule has 0 radical (unpaired) electrons. The molecule has 1 amide bonds. The van der Waals surface area contributed by atoms with Crippen LogP contribution < -0.4 is 4.72 Å². The Kier molecular flexibility index (Phi) is 6.64. The fourth-order valence-electron chi connectivity index (χ4n) is 4.15. The van der Waals surface area contributed by atoms with Gasteiger partial charge in [-0.05, 0) is 43.9 Å². The topological polar surface area (TPSA) is 88.9 Å². The molecule has 1 aliphatic rings. The minimum atomic E-state index is -3.59. The molecule has 0 spiro atoms. The van der Waals surface area contributed by atoms with E-state index < -0.39 is 10.0 Å². The molecule has 0 bridgehead atoms. The van der Waals surface area contributed by atoms with Gasteiger partial charge in [0.25, 0.3) is 5.91 Å². The largest absolute Gasteiger partial charge is 0.451 e. The Bertz CT molecular complexity index is 1200. The van der Waals surface area contributed by atoms with E-state index in [0.717, 1.165) is 29.4 Å². The van der Waals surface area contributed by atoms with Crippen LogP contribution in [0.25, 0.3) is 11.0 Å². The number of furan rings is 1. The van der Waals surface area contributed by atoms with Gasteiger partial charge in [-0.1, -0.05) is 35.9 Å². The van der Waals surface area contributed by atoms with Crippen LogP contribution in [0.5, 0.6) is 0 Å². The average Bonchev–Trinajstić information content (AvgIpc) is 3.16. The van der Waals surface area contributed by atoms with E-state index in [0.29, 0.717) is 24.4 Å². The lowest BCUT2D eigenvalue weighted by Gasteiger charge is -2.32. The molecule has 1 saturated heterocycles. The van der Waals surface area contributed by atoms with Crippen molar-refractivity contribution in [3.63, 3.8) is 0 Å². The highest BCUT2D eigenvalue weighted by Crippen LogP contribution is 2.29. The molecule has 1 aliphatic heterocycles. The smallest absolute Gasteiger partial charge is 0.290 e. The molecule has 4 rings (SSSR count). The van der Waals surface area contributed by atoms with Gasteiger partial charge in [-0.15, -0.1) is 0 Å². The van der Waals surface area contributed by atoms with E-state index >= 15 is 0 Å². The first kappa shape index (κ1) is 22.5. The van der Waals surface area contributed by atoms with Crippen LogP contribution in [-0.4, -0.2) is 46.0 Å². The average molecular weight is 457 g/mol. The number of ether oxygens (including phenoxy) is 1. The van der Waals surface area contributed by atoms with Gasteiger partial charge >= 0.3 is 0 Å². The first-order chi connectivity index (χ1) is 15.4. The molecule has 3 aromatic rings. The van der Waals surface area contributed by atoms with Crippen molar-refractivity contribution in [3.05, 3.63) is 65.4 Å². The molecule has 1 N–H and O–H groups in total. The predicted molar refractivity (Wildman–Crippen MR) is 122 cm³/mol. The Balaban J connectivity index is 1.46. The maximum Gasteiger partial charge on any atom is 0.290 e. The third kappa shape index (κ3) is 4.72. The number of fused-ring (bicyclic) bond motifs is 1. The number of nitrogens with one attached hydrogen (secondary N) is 1. The summed E-state index contributed by atoms with van der Waals surface area (Å²) in [5.41, 5.74) is 2.40. The van der Waals surface area contributed by atoms with E-state index in [1.807, 2.05) is 31.2 Å². The fraction of sp³-hybridized carbons (Fsp3) is 0.375. The third-order valence-electron chi connectivity index (χ3n) is 5.88. The Labute approximate surface area is 188 Å². The number of benzene rings is 2. The Hall–Kier alpha value is -2.68. The van der Waals surface area contributed by atoms with Crippen molar-refractivity contribution in [1.29, 1.82) is 0 Å². The lowest BCUT2D eigenvalue weighted by Crippen LogP contribution is -2.43. The van der Waals surface area contributed by atoms with Gasteiger partial charge < -0.3 is 14.1 Å². The van der Waals surface area contributed by atoms with Gasteiger partial charge in [0.05, 0.1) is 11.5 Å². The van der Waals surface area contributed by atoms with Crippen LogP contribution in [0, 0.1) is 12.8 Å². The summed E-state index contributed by atoms with van der Waals surface area (Å²) in [5, 5.41) is 0.872.